The largest absolute Gasteiger partial charge is 0.416 e. The monoisotopic (exact) mass is 283 g/mol. The lowest BCUT2D eigenvalue weighted by atomic mass is 10.2. The van der Waals surface area contributed by atoms with E-state index in [9.17, 15) is 13.2 Å². The van der Waals surface area contributed by atoms with E-state index in [2.05, 4.69) is 10.4 Å². The third-order valence-corrected chi connectivity index (χ3v) is 2.99. The molecule has 1 heterocycles. The Morgan fingerprint density at radius 1 is 1.20 bits per heavy atom. The molecule has 0 amide bonds. The number of hydrogen-bond donors (Lipinski definition) is 1. The van der Waals surface area contributed by atoms with Gasteiger partial charge in [0, 0.05) is 6.20 Å². The van der Waals surface area contributed by atoms with Crippen LogP contribution in [0.3, 0.4) is 0 Å². The van der Waals surface area contributed by atoms with Gasteiger partial charge in [0.1, 0.15) is 0 Å². The molecule has 0 aliphatic heterocycles. The summed E-state index contributed by atoms with van der Waals surface area (Å²) in [4.78, 5) is 0. The maximum atomic E-state index is 12.5. The molecule has 1 N–H and O–H groups in total. The van der Waals surface area contributed by atoms with Gasteiger partial charge < -0.3 is 5.32 Å². The molecule has 1 aromatic heterocycles. The van der Waals surface area contributed by atoms with Gasteiger partial charge in [0.2, 0.25) is 0 Å². The summed E-state index contributed by atoms with van der Waals surface area (Å²) in [6.07, 6.45) is 1.17. The molecule has 0 radical (unpaired) electrons. The molecule has 0 saturated carbocycles. The topological polar surface area (TPSA) is 29.9 Å². The molecule has 2 aromatic rings. The number of nitrogens with one attached hydrogen (secondary N) is 1. The predicted octanol–water partition coefficient (Wildman–Crippen LogP) is 3.04. The minimum Gasteiger partial charge on any atom is -0.320 e. The van der Waals surface area contributed by atoms with Crippen molar-refractivity contribution in [1.82, 2.24) is 15.1 Å². The number of nitrogens with zero attached hydrogens (tertiary/aromatic N) is 2. The van der Waals surface area contributed by atoms with E-state index in [-0.39, 0.29) is 0 Å². The standard InChI is InChI=1S/C14H16F3N3/c1-18-8-2-3-11-9-19-20(10-11)13-6-4-12(5-7-13)14(15,16)17/h4-7,9-10,18H,2-3,8H2,1H3. The maximum absolute atomic E-state index is 12.5. The van der Waals surface area contributed by atoms with Crippen LogP contribution in [0.15, 0.2) is 36.7 Å². The van der Waals surface area contributed by atoms with Crippen molar-refractivity contribution in [2.45, 2.75) is 19.0 Å². The fourth-order valence-electron chi connectivity index (χ4n) is 1.90. The minimum atomic E-state index is -4.30. The second kappa shape index (κ2) is 6.09. The first kappa shape index (κ1) is 14.6. The quantitative estimate of drug-likeness (QED) is 0.855. The van der Waals surface area contributed by atoms with Gasteiger partial charge in [-0.2, -0.15) is 18.3 Å². The van der Waals surface area contributed by atoms with Crippen molar-refractivity contribution >= 4 is 0 Å². The summed E-state index contributed by atoms with van der Waals surface area (Å²) in [5, 5.41) is 7.24. The van der Waals surface area contributed by atoms with Gasteiger partial charge in [-0.05, 0) is 56.3 Å². The molecular weight excluding hydrogens is 267 g/mol. The first-order chi connectivity index (χ1) is 9.50. The van der Waals surface area contributed by atoms with Crippen LogP contribution in [0.1, 0.15) is 17.5 Å². The van der Waals surface area contributed by atoms with Crippen molar-refractivity contribution in [2.75, 3.05) is 13.6 Å². The summed E-state index contributed by atoms with van der Waals surface area (Å²) in [6, 6.07) is 4.98. The number of benzene rings is 1. The summed E-state index contributed by atoms with van der Waals surface area (Å²) in [5.41, 5.74) is 1.04. The van der Waals surface area contributed by atoms with Crippen molar-refractivity contribution in [2.24, 2.45) is 0 Å². The van der Waals surface area contributed by atoms with E-state index in [0.29, 0.717) is 5.69 Å². The molecule has 0 aliphatic carbocycles. The van der Waals surface area contributed by atoms with Crippen LogP contribution in [-0.4, -0.2) is 23.4 Å². The molecule has 2 rings (SSSR count). The molecule has 0 bridgehead atoms. The van der Waals surface area contributed by atoms with Crippen molar-refractivity contribution in [3.05, 3.63) is 47.8 Å². The molecular formula is C14H16F3N3. The second-order valence-corrected chi connectivity index (χ2v) is 4.54. The van der Waals surface area contributed by atoms with Gasteiger partial charge in [-0.3, -0.25) is 0 Å². The van der Waals surface area contributed by atoms with Gasteiger partial charge in [0.05, 0.1) is 17.4 Å². The molecule has 20 heavy (non-hydrogen) atoms. The highest BCUT2D eigenvalue weighted by atomic mass is 19.4. The van der Waals surface area contributed by atoms with E-state index >= 15 is 0 Å². The van der Waals surface area contributed by atoms with Crippen LogP contribution in [0, 0.1) is 0 Å². The van der Waals surface area contributed by atoms with Gasteiger partial charge in [0.15, 0.2) is 0 Å². The zero-order valence-corrected chi connectivity index (χ0v) is 11.1. The van der Waals surface area contributed by atoms with Gasteiger partial charge >= 0.3 is 6.18 Å². The van der Waals surface area contributed by atoms with Crippen molar-refractivity contribution in [3.8, 4) is 5.69 Å². The van der Waals surface area contributed by atoms with Crippen LogP contribution < -0.4 is 5.32 Å². The Hall–Kier alpha value is -1.82. The highest BCUT2D eigenvalue weighted by Crippen LogP contribution is 2.29. The summed E-state index contributed by atoms with van der Waals surface area (Å²) >= 11 is 0. The average Bonchev–Trinajstić information content (AvgIpc) is 2.87. The van der Waals surface area contributed by atoms with E-state index < -0.39 is 11.7 Å². The third kappa shape index (κ3) is 3.60. The number of rotatable bonds is 5. The number of aromatic nitrogens is 2. The van der Waals surface area contributed by atoms with Gasteiger partial charge in [-0.1, -0.05) is 0 Å². The summed E-state index contributed by atoms with van der Waals surface area (Å²) < 4.78 is 39.0. The number of halogens is 3. The molecule has 0 saturated heterocycles. The Morgan fingerprint density at radius 3 is 2.50 bits per heavy atom. The highest BCUT2D eigenvalue weighted by molar-refractivity contribution is 5.35. The number of alkyl halides is 3. The number of hydrogen-bond acceptors (Lipinski definition) is 2. The molecule has 0 atom stereocenters. The van der Waals surface area contributed by atoms with Gasteiger partial charge in [-0.15, -0.1) is 0 Å². The lowest BCUT2D eigenvalue weighted by molar-refractivity contribution is -0.137. The zero-order chi connectivity index (χ0) is 14.6. The third-order valence-electron chi connectivity index (χ3n) is 2.99. The molecule has 0 unspecified atom stereocenters. The highest BCUT2D eigenvalue weighted by Gasteiger charge is 2.29. The predicted molar refractivity (Wildman–Crippen MR) is 70.8 cm³/mol. The number of aryl methyl sites for hydroxylation is 1. The van der Waals surface area contributed by atoms with Crippen molar-refractivity contribution in [3.63, 3.8) is 0 Å². The molecule has 6 heteroatoms. The smallest absolute Gasteiger partial charge is 0.320 e. The van der Waals surface area contributed by atoms with Crippen LogP contribution in [0.4, 0.5) is 13.2 Å². The van der Waals surface area contributed by atoms with Crippen LogP contribution in [0.2, 0.25) is 0 Å². The molecule has 0 fully saturated rings. The Bertz CT molecular complexity index is 544. The Balaban J connectivity index is 2.08. The molecule has 3 nitrogen and oxygen atoms in total. The minimum absolute atomic E-state index is 0.623. The molecule has 1 aromatic carbocycles. The van der Waals surface area contributed by atoms with E-state index in [1.165, 1.54) is 12.1 Å². The van der Waals surface area contributed by atoms with Crippen LogP contribution in [-0.2, 0) is 12.6 Å². The second-order valence-electron chi connectivity index (χ2n) is 4.54. The van der Waals surface area contributed by atoms with E-state index in [1.807, 2.05) is 13.2 Å². The van der Waals surface area contributed by atoms with Crippen molar-refractivity contribution < 1.29 is 13.2 Å². The van der Waals surface area contributed by atoms with Crippen LogP contribution >= 0.6 is 0 Å². The van der Waals surface area contributed by atoms with E-state index in [0.717, 1.165) is 37.1 Å². The van der Waals surface area contributed by atoms with Crippen molar-refractivity contribution in [1.29, 1.82) is 0 Å². The van der Waals surface area contributed by atoms with Crippen LogP contribution in [0.5, 0.6) is 0 Å². The summed E-state index contributed by atoms with van der Waals surface area (Å²) in [7, 11) is 1.89. The average molecular weight is 283 g/mol. The van der Waals surface area contributed by atoms with Crippen LogP contribution in [0.25, 0.3) is 5.69 Å². The Kier molecular flexibility index (Phi) is 4.44. The Labute approximate surface area is 115 Å². The normalized spacial score (nSPS) is 11.8. The fourth-order valence-corrected chi connectivity index (χ4v) is 1.90. The fraction of sp³-hybridized carbons (Fsp3) is 0.357. The van der Waals surface area contributed by atoms with Gasteiger partial charge in [0.25, 0.3) is 0 Å². The van der Waals surface area contributed by atoms with E-state index in [1.54, 1.807) is 10.9 Å². The maximum Gasteiger partial charge on any atom is 0.416 e. The van der Waals surface area contributed by atoms with Gasteiger partial charge in [-0.25, -0.2) is 4.68 Å². The Morgan fingerprint density at radius 2 is 1.90 bits per heavy atom. The molecule has 108 valence electrons. The lowest BCUT2D eigenvalue weighted by Crippen LogP contribution is -2.08. The molecule has 0 spiro atoms. The summed E-state index contributed by atoms with van der Waals surface area (Å²) in [5.74, 6) is 0. The lowest BCUT2D eigenvalue weighted by Gasteiger charge is -2.07. The molecule has 0 aliphatic rings. The summed E-state index contributed by atoms with van der Waals surface area (Å²) in [6.45, 7) is 0.922. The first-order valence-corrected chi connectivity index (χ1v) is 6.36. The SMILES string of the molecule is CNCCCc1cnn(-c2ccc(C(F)(F)F)cc2)c1. The zero-order valence-electron chi connectivity index (χ0n) is 11.1. The van der Waals surface area contributed by atoms with E-state index in [4.69, 9.17) is 0 Å². The first-order valence-electron chi connectivity index (χ1n) is 6.36.